The molecule has 110 valence electrons. The Labute approximate surface area is 123 Å². The second-order valence-electron chi connectivity index (χ2n) is 5.79. The van der Waals surface area contributed by atoms with Crippen molar-refractivity contribution < 1.29 is 4.79 Å². The number of amides is 1. The van der Waals surface area contributed by atoms with E-state index in [1.165, 1.54) is 43.4 Å². The highest BCUT2D eigenvalue weighted by Gasteiger charge is 2.34. The normalized spacial score (nSPS) is 29.8. The molecule has 2 fully saturated rings. The number of hydrogen-bond acceptors (Lipinski definition) is 5. The molecule has 0 aromatic carbocycles. The van der Waals surface area contributed by atoms with Crippen LogP contribution in [0.1, 0.15) is 50.5 Å². The fourth-order valence-corrected chi connectivity index (χ4v) is 4.02. The molecule has 6 heteroatoms. The van der Waals surface area contributed by atoms with E-state index in [1.54, 1.807) is 0 Å². The van der Waals surface area contributed by atoms with E-state index in [4.69, 9.17) is 0 Å². The summed E-state index contributed by atoms with van der Waals surface area (Å²) in [5, 5.41) is 16.1. The van der Waals surface area contributed by atoms with Gasteiger partial charge in [0, 0.05) is 6.04 Å². The Bertz CT molecular complexity index is 475. The summed E-state index contributed by atoms with van der Waals surface area (Å²) in [5.74, 6) is 0.828. The topological polar surface area (TPSA) is 66.9 Å². The van der Waals surface area contributed by atoms with Crippen molar-refractivity contribution in [3.63, 3.8) is 0 Å². The molecule has 1 aromatic heterocycles. The van der Waals surface area contributed by atoms with Crippen molar-refractivity contribution in [1.29, 1.82) is 0 Å². The number of carbonyl (C=O) groups is 1. The highest BCUT2D eigenvalue weighted by atomic mass is 32.1. The quantitative estimate of drug-likeness (QED) is 0.898. The van der Waals surface area contributed by atoms with Crippen molar-refractivity contribution >= 4 is 22.4 Å². The third-order valence-electron chi connectivity index (χ3n) is 4.47. The molecule has 1 aliphatic carbocycles. The van der Waals surface area contributed by atoms with Gasteiger partial charge in [-0.15, -0.1) is 10.2 Å². The number of nitrogens with zero attached hydrogens (tertiary/aromatic N) is 2. The first-order valence-corrected chi connectivity index (χ1v) is 8.47. The molecule has 3 unspecified atom stereocenters. The summed E-state index contributed by atoms with van der Waals surface area (Å²) in [6.07, 6.45) is 8.15. The Balaban J connectivity index is 1.57. The Morgan fingerprint density at radius 3 is 2.95 bits per heavy atom. The van der Waals surface area contributed by atoms with Gasteiger partial charge in [-0.3, -0.25) is 10.1 Å². The average molecular weight is 294 g/mol. The highest BCUT2D eigenvalue weighted by Crippen LogP contribution is 2.32. The molecule has 2 N–H and O–H groups in total. The number of anilines is 1. The molecule has 1 saturated heterocycles. The minimum Gasteiger partial charge on any atom is -0.303 e. The Morgan fingerprint density at radius 2 is 2.15 bits per heavy atom. The lowest BCUT2D eigenvalue weighted by atomic mass is 9.77. The second kappa shape index (κ2) is 6.18. The maximum atomic E-state index is 12.3. The van der Waals surface area contributed by atoms with Crippen LogP contribution in [0, 0.1) is 5.92 Å². The summed E-state index contributed by atoms with van der Waals surface area (Å²) in [6, 6.07) is 0.470. The third-order valence-corrected chi connectivity index (χ3v) is 5.45. The number of aromatic nitrogens is 2. The molecule has 3 atom stereocenters. The molecule has 1 saturated carbocycles. The lowest BCUT2D eigenvalue weighted by Gasteiger charge is -2.39. The van der Waals surface area contributed by atoms with Crippen LogP contribution in [-0.4, -0.2) is 28.2 Å². The molecule has 1 amide bonds. The summed E-state index contributed by atoms with van der Waals surface area (Å²) in [7, 11) is 0. The van der Waals surface area contributed by atoms with Crippen molar-refractivity contribution in [2.75, 3.05) is 5.32 Å². The molecule has 0 radical (unpaired) electrons. The number of fused-ring (bicyclic) bond motifs is 1. The zero-order valence-electron chi connectivity index (χ0n) is 11.9. The summed E-state index contributed by atoms with van der Waals surface area (Å²) in [5.41, 5.74) is 0. The predicted octanol–water partition coefficient (Wildman–Crippen LogP) is 2.35. The van der Waals surface area contributed by atoms with Gasteiger partial charge in [-0.05, 0) is 38.0 Å². The molecule has 20 heavy (non-hydrogen) atoms. The summed E-state index contributed by atoms with van der Waals surface area (Å²) in [4.78, 5) is 12.3. The number of aryl methyl sites for hydroxylation is 1. The van der Waals surface area contributed by atoms with Crippen LogP contribution in [0.25, 0.3) is 0 Å². The van der Waals surface area contributed by atoms with Gasteiger partial charge in [0.25, 0.3) is 0 Å². The first kappa shape index (κ1) is 13.9. The highest BCUT2D eigenvalue weighted by molar-refractivity contribution is 7.15. The maximum absolute atomic E-state index is 12.3. The van der Waals surface area contributed by atoms with E-state index in [2.05, 4.69) is 20.8 Å². The van der Waals surface area contributed by atoms with Gasteiger partial charge in [0.1, 0.15) is 5.01 Å². The number of nitrogens with one attached hydrogen (secondary N) is 2. The SMILES string of the molecule is CCc1nnc(NC(=O)C2CCC3CCCCC3N2)s1. The molecule has 2 aliphatic rings. The van der Waals surface area contributed by atoms with Gasteiger partial charge in [0.05, 0.1) is 6.04 Å². The van der Waals surface area contributed by atoms with Crippen LogP contribution in [0.4, 0.5) is 5.13 Å². The first-order valence-electron chi connectivity index (χ1n) is 7.65. The minimum absolute atomic E-state index is 0.0489. The van der Waals surface area contributed by atoms with E-state index in [0.717, 1.165) is 23.8 Å². The average Bonchev–Trinajstić information content (AvgIpc) is 2.94. The van der Waals surface area contributed by atoms with Gasteiger partial charge < -0.3 is 5.32 Å². The maximum Gasteiger partial charge on any atom is 0.243 e. The zero-order valence-corrected chi connectivity index (χ0v) is 12.7. The standard InChI is InChI=1S/C14H22N4OS/c1-2-12-17-18-14(20-12)16-13(19)11-8-7-9-5-3-4-6-10(9)15-11/h9-11,15H,2-8H2,1H3,(H,16,18,19). The minimum atomic E-state index is -0.0664. The third kappa shape index (κ3) is 3.01. The van der Waals surface area contributed by atoms with Crippen molar-refractivity contribution in [2.45, 2.75) is 64.0 Å². The Morgan fingerprint density at radius 1 is 1.30 bits per heavy atom. The molecule has 2 heterocycles. The van der Waals surface area contributed by atoms with E-state index >= 15 is 0 Å². The van der Waals surface area contributed by atoms with E-state index in [-0.39, 0.29) is 11.9 Å². The molecule has 1 aromatic rings. The van der Waals surface area contributed by atoms with Crippen LogP contribution in [0.15, 0.2) is 0 Å². The Hall–Kier alpha value is -1.01. The van der Waals surface area contributed by atoms with Gasteiger partial charge in [-0.1, -0.05) is 31.1 Å². The summed E-state index contributed by atoms with van der Waals surface area (Å²) >= 11 is 1.47. The fraction of sp³-hybridized carbons (Fsp3) is 0.786. The molecular weight excluding hydrogens is 272 g/mol. The van der Waals surface area contributed by atoms with Crippen molar-refractivity contribution in [3.8, 4) is 0 Å². The van der Waals surface area contributed by atoms with E-state index in [0.29, 0.717) is 11.2 Å². The van der Waals surface area contributed by atoms with Crippen LogP contribution in [0.3, 0.4) is 0 Å². The van der Waals surface area contributed by atoms with Gasteiger partial charge in [0.2, 0.25) is 11.0 Å². The number of carbonyl (C=O) groups excluding carboxylic acids is 1. The van der Waals surface area contributed by atoms with E-state index in [9.17, 15) is 4.79 Å². The van der Waals surface area contributed by atoms with E-state index < -0.39 is 0 Å². The molecular formula is C14H22N4OS. The monoisotopic (exact) mass is 294 g/mol. The molecule has 3 rings (SSSR count). The van der Waals surface area contributed by atoms with E-state index in [1.807, 2.05) is 6.92 Å². The molecule has 0 bridgehead atoms. The largest absolute Gasteiger partial charge is 0.303 e. The number of rotatable bonds is 3. The van der Waals surface area contributed by atoms with Crippen molar-refractivity contribution in [3.05, 3.63) is 5.01 Å². The molecule has 0 spiro atoms. The number of piperidine rings is 1. The van der Waals surface area contributed by atoms with Gasteiger partial charge in [-0.2, -0.15) is 0 Å². The summed E-state index contributed by atoms with van der Waals surface area (Å²) in [6.45, 7) is 2.04. The lowest BCUT2D eigenvalue weighted by molar-refractivity contribution is -0.119. The Kier molecular flexibility index (Phi) is 4.31. The van der Waals surface area contributed by atoms with Gasteiger partial charge in [-0.25, -0.2) is 0 Å². The molecule has 5 nitrogen and oxygen atoms in total. The first-order chi connectivity index (χ1) is 9.76. The van der Waals surface area contributed by atoms with Crippen LogP contribution in [0.2, 0.25) is 0 Å². The lowest BCUT2D eigenvalue weighted by Crippen LogP contribution is -2.53. The smallest absolute Gasteiger partial charge is 0.243 e. The van der Waals surface area contributed by atoms with Crippen LogP contribution in [-0.2, 0) is 11.2 Å². The second-order valence-corrected chi connectivity index (χ2v) is 6.85. The fourth-order valence-electron chi connectivity index (χ4n) is 3.34. The van der Waals surface area contributed by atoms with Crippen LogP contribution >= 0.6 is 11.3 Å². The zero-order chi connectivity index (χ0) is 13.9. The molecule has 1 aliphatic heterocycles. The number of hydrogen-bond donors (Lipinski definition) is 2. The van der Waals surface area contributed by atoms with Crippen LogP contribution < -0.4 is 10.6 Å². The predicted molar refractivity (Wildman–Crippen MR) is 79.8 cm³/mol. The van der Waals surface area contributed by atoms with Crippen molar-refractivity contribution in [2.24, 2.45) is 5.92 Å². The van der Waals surface area contributed by atoms with Crippen LogP contribution in [0.5, 0.6) is 0 Å². The van der Waals surface area contributed by atoms with Gasteiger partial charge in [0.15, 0.2) is 0 Å². The van der Waals surface area contributed by atoms with Gasteiger partial charge >= 0.3 is 0 Å². The van der Waals surface area contributed by atoms with Crippen molar-refractivity contribution in [1.82, 2.24) is 15.5 Å². The summed E-state index contributed by atoms with van der Waals surface area (Å²) < 4.78 is 0.